The number of rotatable bonds is 2. The van der Waals surface area contributed by atoms with Gasteiger partial charge >= 0.3 is 6.03 Å². The van der Waals surface area contributed by atoms with Crippen LogP contribution in [0.3, 0.4) is 0 Å². The fraction of sp³-hybridized carbons (Fsp3) is 0.667. The van der Waals surface area contributed by atoms with Gasteiger partial charge in [-0.25, -0.2) is 4.79 Å². The molecule has 22 heavy (non-hydrogen) atoms. The molecule has 0 spiro atoms. The number of anilines is 1. The van der Waals surface area contributed by atoms with Crippen LogP contribution < -0.4 is 10.2 Å². The van der Waals surface area contributed by atoms with Crippen molar-refractivity contribution >= 4 is 17.6 Å². The van der Waals surface area contributed by atoms with E-state index in [-0.39, 0.29) is 29.9 Å². The van der Waals surface area contributed by atoms with Crippen LogP contribution in [0.2, 0.25) is 0 Å². The lowest BCUT2D eigenvalue weighted by atomic mass is 9.88. The number of carbonyl (C=O) groups is 2. The molecule has 1 atom stereocenters. The van der Waals surface area contributed by atoms with Crippen LogP contribution in [0.1, 0.15) is 27.7 Å². The summed E-state index contributed by atoms with van der Waals surface area (Å²) in [5.74, 6) is -0.0854. The van der Waals surface area contributed by atoms with E-state index in [0.29, 0.717) is 13.1 Å². The van der Waals surface area contributed by atoms with Gasteiger partial charge in [-0.15, -0.1) is 0 Å². The molecule has 0 unspecified atom stereocenters. The van der Waals surface area contributed by atoms with Crippen molar-refractivity contribution in [2.24, 2.45) is 12.5 Å². The summed E-state index contributed by atoms with van der Waals surface area (Å²) in [4.78, 5) is 27.8. The quantitative estimate of drug-likeness (QED) is 0.893. The highest BCUT2D eigenvalue weighted by Crippen LogP contribution is 2.19. The first-order chi connectivity index (χ1) is 10.2. The zero-order valence-corrected chi connectivity index (χ0v) is 14.0. The van der Waals surface area contributed by atoms with E-state index in [1.165, 1.54) is 0 Å². The fourth-order valence-electron chi connectivity index (χ4n) is 2.16. The van der Waals surface area contributed by atoms with Gasteiger partial charge in [0, 0.05) is 32.4 Å². The van der Waals surface area contributed by atoms with E-state index < -0.39 is 0 Å². The zero-order chi connectivity index (χ0) is 16.5. The van der Waals surface area contributed by atoms with E-state index in [1.807, 2.05) is 14.0 Å². The van der Waals surface area contributed by atoms with Crippen LogP contribution in [0.15, 0.2) is 12.4 Å². The molecule has 1 aromatic heterocycles. The van der Waals surface area contributed by atoms with E-state index in [1.54, 1.807) is 26.9 Å². The number of nitrogens with one attached hydrogen (secondary N) is 1. The largest absolute Gasteiger partial charge is 0.335 e. The first-order valence-corrected chi connectivity index (χ1v) is 7.53. The topological polar surface area (TPSA) is 70.5 Å². The molecule has 2 rings (SSSR count). The molecule has 0 aromatic carbocycles. The van der Waals surface area contributed by atoms with Gasteiger partial charge in [0.25, 0.3) is 0 Å². The van der Waals surface area contributed by atoms with Crippen LogP contribution in [-0.4, -0.2) is 52.3 Å². The Bertz CT molecular complexity index is 561. The Kier molecular flexibility index (Phi) is 4.44. The smallest absolute Gasteiger partial charge is 0.318 e. The molecule has 0 saturated carbocycles. The number of nitrogens with zero attached hydrogens (tertiary/aromatic N) is 4. The van der Waals surface area contributed by atoms with Crippen molar-refractivity contribution < 1.29 is 9.59 Å². The Morgan fingerprint density at radius 1 is 1.36 bits per heavy atom. The second-order valence-electron chi connectivity index (χ2n) is 6.88. The minimum atomic E-state index is -0.179. The van der Waals surface area contributed by atoms with Gasteiger partial charge in [0.2, 0.25) is 5.91 Å². The fourth-order valence-corrected chi connectivity index (χ4v) is 2.16. The summed E-state index contributed by atoms with van der Waals surface area (Å²) in [6.07, 6.45) is 3.46. The molecule has 1 saturated heterocycles. The minimum Gasteiger partial charge on any atom is -0.335 e. The van der Waals surface area contributed by atoms with Gasteiger partial charge in [0.15, 0.2) is 0 Å². The van der Waals surface area contributed by atoms with Crippen LogP contribution in [0.5, 0.6) is 0 Å². The van der Waals surface area contributed by atoms with Crippen LogP contribution in [0.4, 0.5) is 10.5 Å². The molecule has 3 amide bonds. The standard InChI is InChI=1S/C15H25N5O2/c1-11(15(2,3)4)17-14(22)19-6-7-20(13(21)10-19)12-8-16-18(5)9-12/h8-9,11H,6-7,10H2,1-5H3,(H,17,22)/t11-/m0/s1. The summed E-state index contributed by atoms with van der Waals surface area (Å²) in [6, 6.07) is -0.145. The van der Waals surface area contributed by atoms with Crippen LogP contribution in [-0.2, 0) is 11.8 Å². The third-order valence-corrected chi connectivity index (χ3v) is 4.15. The second kappa shape index (κ2) is 5.98. The maximum Gasteiger partial charge on any atom is 0.318 e. The zero-order valence-electron chi connectivity index (χ0n) is 14.0. The van der Waals surface area contributed by atoms with Crippen molar-refractivity contribution in [3.05, 3.63) is 12.4 Å². The number of hydrogen-bond acceptors (Lipinski definition) is 3. The second-order valence-corrected chi connectivity index (χ2v) is 6.88. The Labute approximate surface area is 131 Å². The Morgan fingerprint density at radius 3 is 2.55 bits per heavy atom. The third-order valence-electron chi connectivity index (χ3n) is 4.15. The highest BCUT2D eigenvalue weighted by atomic mass is 16.2. The van der Waals surface area contributed by atoms with Gasteiger partial charge in [-0.2, -0.15) is 5.10 Å². The molecule has 1 N–H and O–H groups in total. The van der Waals surface area contributed by atoms with Gasteiger partial charge < -0.3 is 15.1 Å². The van der Waals surface area contributed by atoms with E-state index in [4.69, 9.17) is 0 Å². The van der Waals surface area contributed by atoms with E-state index >= 15 is 0 Å². The average Bonchev–Trinajstić information content (AvgIpc) is 2.83. The van der Waals surface area contributed by atoms with Gasteiger partial charge in [0.1, 0.15) is 6.54 Å². The number of aryl methyl sites for hydroxylation is 1. The lowest BCUT2D eigenvalue weighted by Gasteiger charge is -2.36. The molecule has 0 aliphatic carbocycles. The lowest BCUT2D eigenvalue weighted by Crippen LogP contribution is -2.57. The Morgan fingerprint density at radius 2 is 2.05 bits per heavy atom. The normalized spacial score (nSPS) is 17.6. The van der Waals surface area contributed by atoms with Crippen LogP contribution in [0, 0.1) is 5.41 Å². The number of carbonyl (C=O) groups excluding carboxylic acids is 2. The van der Waals surface area contributed by atoms with Gasteiger partial charge in [-0.1, -0.05) is 20.8 Å². The maximum atomic E-state index is 12.3. The summed E-state index contributed by atoms with van der Waals surface area (Å²) >= 11 is 0. The van der Waals surface area contributed by atoms with Gasteiger partial charge in [-0.3, -0.25) is 9.48 Å². The number of aromatic nitrogens is 2. The van der Waals surface area contributed by atoms with Gasteiger partial charge in [-0.05, 0) is 12.3 Å². The van der Waals surface area contributed by atoms with Crippen LogP contribution >= 0.6 is 0 Å². The molecule has 1 fully saturated rings. The molecular weight excluding hydrogens is 282 g/mol. The SMILES string of the molecule is C[C@H](NC(=O)N1CCN(c2cnn(C)c2)C(=O)C1)C(C)(C)C. The number of amides is 3. The average molecular weight is 307 g/mol. The third kappa shape index (κ3) is 3.58. The summed E-state index contributed by atoms with van der Waals surface area (Å²) in [6.45, 7) is 9.30. The monoisotopic (exact) mass is 307 g/mol. The van der Waals surface area contributed by atoms with E-state index in [9.17, 15) is 9.59 Å². The van der Waals surface area contributed by atoms with Crippen molar-refractivity contribution in [3.8, 4) is 0 Å². The van der Waals surface area contributed by atoms with Crippen molar-refractivity contribution in [1.82, 2.24) is 20.0 Å². The summed E-state index contributed by atoms with van der Waals surface area (Å²) in [7, 11) is 1.81. The lowest BCUT2D eigenvalue weighted by molar-refractivity contribution is -0.120. The molecule has 7 heteroatoms. The number of urea groups is 1. The van der Waals surface area contributed by atoms with Crippen molar-refractivity contribution in [2.75, 3.05) is 24.5 Å². The van der Waals surface area contributed by atoms with Crippen molar-refractivity contribution in [2.45, 2.75) is 33.7 Å². The predicted octanol–water partition coefficient (Wildman–Crippen LogP) is 1.21. The molecule has 0 bridgehead atoms. The number of hydrogen-bond donors (Lipinski definition) is 1. The van der Waals surface area contributed by atoms with E-state index in [2.05, 4.69) is 31.2 Å². The van der Waals surface area contributed by atoms with Gasteiger partial charge in [0.05, 0.1) is 11.9 Å². The summed E-state index contributed by atoms with van der Waals surface area (Å²) < 4.78 is 1.66. The molecule has 1 aliphatic heterocycles. The summed E-state index contributed by atoms with van der Waals surface area (Å²) in [5.41, 5.74) is 0.757. The minimum absolute atomic E-state index is 0.0167. The Balaban J connectivity index is 1.95. The Hall–Kier alpha value is -2.05. The van der Waals surface area contributed by atoms with Crippen molar-refractivity contribution in [1.29, 1.82) is 0 Å². The first-order valence-electron chi connectivity index (χ1n) is 7.53. The highest BCUT2D eigenvalue weighted by molar-refractivity contribution is 5.97. The maximum absolute atomic E-state index is 12.3. The molecule has 1 aliphatic rings. The van der Waals surface area contributed by atoms with Crippen LogP contribution in [0.25, 0.3) is 0 Å². The first kappa shape index (κ1) is 16.3. The highest BCUT2D eigenvalue weighted by Gasteiger charge is 2.30. The number of piperazine rings is 1. The predicted molar refractivity (Wildman–Crippen MR) is 84.6 cm³/mol. The van der Waals surface area contributed by atoms with Crippen molar-refractivity contribution in [3.63, 3.8) is 0 Å². The summed E-state index contributed by atoms with van der Waals surface area (Å²) in [5, 5.41) is 7.05. The molecule has 1 aromatic rings. The molecule has 7 nitrogen and oxygen atoms in total. The molecular formula is C15H25N5O2. The molecule has 2 heterocycles. The molecule has 0 radical (unpaired) electrons. The van der Waals surface area contributed by atoms with E-state index in [0.717, 1.165) is 5.69 Å². The molecule has 122 valence electrons.